The number of ether oxygens (including phenoxy) is 1. The Labute approximate surface area is 201 Å². The molecule has 1 atom stereocenters. The van der Waals surface area contributed by atoms with Gasteiger partial charge in [0.1, 0.15) is 17.0 Å². The first-order valence-electron chi connectivity index (χ1n) is 10.6. The summed E-state index contributed by atoms with van der Waals surface area (Å²) < 4.78 is 50.9. The largest absolute Gasteiger partial charge is 0.494 e. The SMILES string of the molecule is COc1ccc(-c2nc(C(=O)N3Cc4nc(C)sc4C3)c([C@H](C)N)o2)c2ccc(C(F)(F)F)nc12. The lowest BCUT2D eigenvalue weighted by Gasteiger charge is -2.14. The predicted molar refractivity (Wildman–Crippen MR) is 122 cm³/mol. The molecule has 0 aliphatic carbocycles. The third-order valence-corrected chi connectivity index (χ3v) is 6.68. The topological polar surface area (TPSA) is 107 Å². The summed E-state index contributed by atoms with van der Waals surface area (Å²) in [5.41, 5.74) is 6.31. The van der Waals surface area contributed by atoms with E-state index in [0.29, 0.717) is 24.0 Å². The molecule has 1 amide bonds. The van der Waals surface area contributed by atoms with E-state index in [-0.39, 0.29) is 34.5 Å². The summed E-state index contributed by atoms with van der Waals surface area (Å²) >= 11 is 1.54. The molecule has 12 heteroatoms. The number of methoxy groups -OCH3 is 1. The van der Waals surface area contributed by atoms with E-state index in [9.17, 15) is 18.0 Å². The minimum Gasteiger partial charge on any atom is -0.494 e. The molecule has 0 saturated carbocycles. The highest BCUT2D eigenvalue weighted by atomic mass is 32.1. The van der Waals surface area contributed by atoms with Gasteiger partial charge in [-0.1, -0.05) is 0 Å². The Bertz CT molecular complexity index is 1440. The number of aromatic nitrogens is 3. The number of carbonyl (C=O) groups excluding carboxylic acids is 1. The van der Waals surface area contributed by atoms with E-state index in [0.717, 1.165) is 21.6 Å². The summed E-state index contributed by atoms with van der Waals surface area (Å²) in [5.74, 6) is 0.0487. The fourth-order valence-electron chi connectivity index (χ4n) is 4.07. The number of fused-ring (bicyclic) bond motifs is 2. The Hall–Kier alpha value is -3.51. The maximum absolute atomic E-state index is 13.4. The van der Waals surface area contributed by atoms with E-state index < -0.39 is 17.9 Å². The fourth-order valence-corrected chi connectivity index (χ4v) is 5.03. The summed E-state index contributed by atoms with van der Waals surface area (Å²) in [6.07, 6.45) is -4.62. The number of carbonyl (C=O) groups is 1. The molecule has 0 fully saturated rings. The molecule has 1 aliphatic heterocycles. The van der Waals surface area contributed by atoms with Gasteiger partial charge in [0.05, 0.1) is 36.9 Å². The molecule has 0 saturated heterocycles. The van der Waals surface area contributed by atoms with Crippen LogP contribution in [0, 0.1) is 6.92 Å². The van der Waals surface area contributed by atoms with Crippen LogP contribution in [-0.2, 0) is 19.3 Å². The summed E-state index contributed by atoms with van der Waals surface area (Å²) in [4.78, 5) is 28.7. The van der Waals surface area contributed by atoms with E-state index in [1.165, 1.54) is 19.2 Å². The number of nitrogens with two attached hydrogens (primary N) is 1. The molecule has 4 aromatic rings. The minimum atomic E-state index is -4.62. The van der Waals surface area contributed by atoms with Crippen molar-refractivity contribution in [2.45, 2.75) is 39.2 Å². The normalized spacial score (nSPS) is 14.4. The molecule has 1 aromatic carbocycles. The molecule has 0 spiro atoms. The maximum atomic E-state index is 13.4. The van der Waals surface area contributed by atoms with Gasteiger partial charge in [-0.05, 0) is 38.1 Å². The van der Waals surface area contributed by atoms with Gasteiger partial charge in [-0.25, -0.2) is 15.0 Å². The lowest BCUT2D eigenvalue weighted by atomic mass is 10.1. The Morgan fingerprint density at radius 3 is 2.63 bits per heavy atom. The molecule has 35 heavy (non-hydrogen) atoms. The van der Waals surface area contributed by atoms with Crippen LogP contribution < -0.4 is 10.5 Å². The number of nitrogens with zero attached hydrogens (tertiary/aromatic N) is 4. The number of hydrogen-bond acceptors (Lipinski definition) is 8. The highest BCUT2D eigenvalue weighted by Crippen LogP contribution is 2.38. The second-order valence-electron chi connectivity index (χ2n) is 8.19. The van der Waals surface area contributed by atoms with Crippen LogP contribution >= 0.6 is 11.3 Å². The van der Waals surface area contributed by atoms with Crippen molar-refractivity contribution in [2.75, 3.05) is 7.11 Å². The van der Waals surface area contributed by atoms with Gasteiger partial charge in [0.2, 0.25) is 5.89 Å². The predicted octanol–water partition coefficient (Wildman–Crippen LogP) is 4.86. The highest BCUT2D eigenvalue weighted by molar-refractivity contribution is 7.11. The van der Waals surface area contributed by atoms with Gasteiger partial charge >= 0.3 is 6.18 Å². The average molecular weight is 504 g/mol. The quantitative estimate of drug-likeness (QED) is 0.424. The Balaban J connectivity index is 1.58. The standard InChI is InChI=1S/C23H20F3N5O3S/c1-10(27)20-19(22(32)31-8-14-16(9-31)35-11(2)28-14)30-21(34-20)13-4-6-15(33-3)18-12(13)5-7-17(29-18)23(24,25)26/h4-7,10H,8-9,27H2,1-3H3/t10-/m0/s1. The third-order valence-electron chi connectivity index (χ3n) is 5.68. The number of alkyl halides is 3. The zero-order valence-electron chi connectivity index (χ0n) is 18.9. The smallest absolute Gasteiger partial charge is 0.433 e. The number of aryl methyl sites for hydroxylation is 1. The van der Waals surface area contributed by atoms with Gasteiger partial charge in [0.15, 0.2) is 11.5 Å². The summed E-state index contributed by atoms with van der Waals surface area (Å²) in [7, 11) is 1.35. The number of benzene rings is 1. The first-order valence-corrected chi connectivity index (χ1v) is 11.4. The summed E-state index contributed by atoms with van der Waals surface area (Å²) in [6, 6.07) is 4.60. The van der Waals surface area contributed by atoms with Crippen molar-refractivity contribution < 1.29 is 27.1 Å². The van der Waals surface area contributed by atoms with Gasteiger partial charge in [-0.2, -0.15) is 13.2 Å². The van der Waals surface area contributed by atoms with Gasteiger partial charge < -0.3 is 19.8 Å². The summed E-state index contributed by atoms with van der Waals surface area (Å²) in [6.45, 7) is 4.35. The van der Waals surface area contributed by atoms with Crippen LogP contribution in [-0.4, -0.2) is 32.9 Å². The molecule has 8 nitrogen and oxygen atoms in total. The van der Waals surface area contributed by atoms with E-state index >= 15 is 0 Å². The molecule has 2 N–H and O–H groups in total. The van der Waals surface area contributed by atoms with Crippen LogP contribution in [0.15, 0.2) is 28.7 Å². The van der Waals surface area contributed by atoms with E-state index in [4.69, 9.17) is 14.9 Å². The lowest BCUT2D eigenvalue weighted by Crippen LogP contribution is -2.27. The molecule has 0 bridgehead atoms. The second-order valence-corrected chi connectivity index (χ2v) is 9.48. The molecule has 5 rings (SSSR count). The minimum absolute atomic E-state index is 0.00123. The maximum Gasteiger partial charge on any atom is 0.433 e. The van der Waals surface area contributed by atoms with Gasteiger partial charge in [-0.3, -0.25) is 4.79 Å². The van der Waals surface area contributed by atoms with Crippen molar-refractivity contribution in [1.29, 1.82) is 0 Å². The molecular formula is C23H20F3N5O3S. The summed E-state index contributed by atoms with van der Waals surface area (Å²) in [5, 5.41) is 1.27. The van der Waals surface area contributed by atoms with E-state index in [2.05, 4.69) is 15.0 Å². The Morgan fingerprint density at radius 2 is 1.97 bits per heavy atom. The van der Waals surface area contributed by atoms with Crippen molar-refractivity contribution in [3.05, 3.63) is 57.0 Å². The third kappa shape index (κ3) is 4.02. The average Bonchev–Trinajstić information content (AvgIpc) is 3.50. The number of pyridine rings is 1. The molecular weight excluding hydrogens is 483 g/mol. The fraction of sp³-hybridized carbons (Fsp3) is 0.304. The van der Waals surface area contributed by atoms with Gasteiger partial charge in [-0.15, -0.1) is 11.3 Å². The highest BCUT2D eigenvalue weighted by Gasteiger charge is 2.34. The van der Waals surface area contributed by atoms with Gasteiger partial charge in [0, 0.05) is 15.8 Å². The number of amides is 1. The van der Waals surface area contributed by atoms with Crippen molar-refractivity contribution in [3.8, 4) is 17.2 Å². The molecule has 182 valence electrons. The van der Waals surface area contributed by atoms with Gasteiger partial charge in [0.25, 0.3) is 5.91 Å². The van der Waals surface area contributed by atoms with Crippen LogP contribution in [0.4, 0.5) is 13.2 Å². The van der Waals surface area contributed by atoms with Crippen LogP contribution in [0.1, 0.15) is 50.5 Å². The second kappa shape index (κ2) is 8.31. The zero-order chi connectivity index (χ0) is 25.1. The number of thiazole rings is 1. The van der Waals surface area contributed by atoms with Crippen LogP contribution in [0.2, 0.25) is 0 Å². The van der Waals surface area contributed by atoms with Crippen molar-refractivity contribution in [1.82, 2.24) is 19.9 Å². The molecule has 3 aromatic heterocycles. The number of oxazole rings is 1. The molecule has 0 unspecified atom stereocenters. The van der Waals surface area contributed by atoms with E-state index in [1.807, 2.05) is 6.92 Å². The number of hydrogen-bond donors (Lipinski definition) is 1. The zero-order valence-corrected chi connectivity index (χ0v) is 19.8. The first kappa shape index (κ1) is 23.2. The molecule has 1 aliphatic rings. The number of rotatable bonds is 4. The van der Waals surface area contributed by atoms with Crippen LogP contribution in [0.3, 0.4) is 0 Å². The first-order chi connectivity index (χ1) is 16.6. The molecule has 4 heterocycles. The Kier molecular flexibility index (Phi) is 5.52. The number of halogens is 3. The van der Waals surface area contributed by atoms with Crippen LogP contribution in [0.25, 0.3) is 22.4 Å². The Morgan fingerprint density at radius 1 is 1.20 bits per heavy atom. The van der Waals surface area contributed by atoms with E-state index in [1.54, 1.807) is 29.2 Å². The molecule has 0 radical (unpaired) electrons. The van der Waals surface area contributed by atoms with Crippen molar-refractivity contribution >= 4 is 28.1 Å². The lowest BCUT2D eigenvalue weighted by molar-refractivity contribution is -0.140. The van der Waals surface area contributed by atoms with Crippen molar-refractivity contribution in [2.24, 2.45) is 5.73 Å². The van der Waals surface area contributed by atoms with Crippen LogP contribution in [0.5, 0.6) is 5.75 Å². The van der Waals surface area contributed by atoms with Crippen molar-refractivity contribution in [3.63, 3.8) is 0 Å². The monoisotopic (exact) mass is 503 g/mol.